The minimum absolute atomic E-state index is 0.152. The molecule has 0 spiro atoms. The van der Waals surface area contributed by atoms with Crippen LogP contribution in [0.25, 0.3) is 10.9 Å². The minimum Gasteiger partial charge on any atom is -0.382 e. The molecular formula is C21H26F2N4O2. The van der Waals surface area contributed by atoms with Gasteiger partial charge < -0.3 is 15.3 Å². The molecule has 1 aromatic carbocycles. The average molecular weight is 404 g/mol. The fourth-order valence-corrected chi connectivity index (χ4v) is 4.82. The van der Waals surface area contributed by atoms with Crippen LogP contribution >= 0.6 is 0 Å². The van der Waals surface area contributed by atoms with Crippen LogP contribution in [0, 0.1) is 5.92 Å². The van der Waals surface area contributed by atoms with Crippen molar-refractivity contribution in [2.75, 3.05) is 13.1 Å². The van der Waals surface area contributed by atoms with Crippen molar-refractivity contribution < 1.29 is 18.7 Å². The lowest BCUT2D eigenvalue weighted by Crippen LogP contribution is -2.51. The number of nitrogens with one attached hydrogen (secondary N) is 2. The SMILES string of the molecule is O=C(NC1CCC1)N1CCC(C(F)(F)[C@H](O)c2c3c(cc4cn[nH]c24)CC3)CC1. The summed E-state index contributed by atoms with van der Waals surface area (Å²) in [6.07, 6.45) is 4.77. The van der Waals surface area contributed by atoms with Gasteiger partial charge in [-0.25, -0.2) is 13.6 Å². The molecule has 1 aromatic heterocycles. The van der Waals surface area contributed by atoms with Crippen molar-refractivity contribution in [3.63, 3.8) is 0 Å². The maximum atomic E-state index is 15.4. The molecule has 29 heavy (non-hydrogen) atoms. The van der Waals surface area contributed by atoms with E-state index in [9.17, 15) is 9.90 Å². The Morgan fingerprint density at radius 3 is 2.66 bits per heavy atom. The molecule has 3 N–H and O–H groups in total. The van der Waals surface area contributed by atoms with Crippen LogP contribution in [0.5, 0.6) is 0 Å². The van der Waals surface area contributed by atoms with Gasteiger partial charge in [-0.05, 0) is 62.1 Å². The zero-order chi connectivity index (χ0) is 20.2. The number of hydrogen-bond acceptors (Lipinski definition) is 3. The number of carbonyl (C=O) groups excluding carboxylic acids is 1. The summed E-state index contributed by atoms with van der Waals surface area (Å²) in [7, 11) is 0. The predicted molar refractivity (Wildman–Crippen MR) is 104 cm³/mol. The number of likely N-dealkylation sites (tertiary alicyclic amines) is 1. The van der Waals surface area contributed by atoms with Gasteiger partial charge in [-0.15, -0.1) is 0 Å². The highest BCUT2D eigenvalue weighted by Crippen LogP contribution is 2.47. The van der Waals surface area contributed by atoms with E-state index in [1.54, 1.807) is 11.1 Å². The van der Waals surface area contributed by atoms with E-state index >= 15 is 8.78 Å². The summed E-state index contributed by atoms with van der Waals surface area (Å²) in [6.45, 7) is 0.579. The number of benzene rings is 1. The first-order valence-electron chi connectivity index (χ1n) is 10.5. The lowest BCUT2D eigenvalue weighted by molar-refractivity contribution is -0.159. The van der Waals surface area contributed by atoms with Gasteiger partial charge in [0.15, 0.2) is 0 Å². The molecule has 5 rings (SSSR count). The normalized spacial score (nSPS) is 21.4. The monoisotopic (exact) mass is 404 g/mol. The molecule has 1 aliphatic heterocycles. The Labute approximate surface area is 167 Å². The van der Waals surface area contributed by atoms with E-state index in [0.29, 0.717) is 17.5 Å². The van der Waals surface area contributed by atoms with Gasteiger partial charge >= 0.3 is 6.03 Å². The van der Waals surface area contributed by atoms with Crippen LogP contribution in [0.15, 0.2) is 12.3 Å². The predicted octanol–water partition coefficient (Wildman–Crippen LogP) is 3.30. The number of aromatic amines is 1. The first-order valence-corrected chi connectivity index (χ1v) is 10.5. The second-order valence-electron chi connectivity index (χ2n) is 8.68. The van der Waals surface area contributed by atoms with Crippen molar-refractivity contribution in [3.05, 3.63) is 29.0 Å². The second kappa shape index (κ2) is 6.93. The van der Waals surface area contributed by atoms with Crippen LogP contribution in [0.1, 0.15) is 54.9 Å². The summed E-state index contributed by atoms with van der Waals surface area (Å²) < 4.78 is 30.7. The molecule has 6 nitrogen and oxygen atoms in total. The van der Waals surface area contributed by atoms with Crippen LogP contribution < -0.4 is 5.32 Å². The highest BCUT2D eigenvalue weighted by molar-refractivity contribution is 5.85. The third kappa shape index (κ3) is 3.08. The first-order chi connectivity index (χ1) is 13.9. The van der Waals surface area contributed by atoms with Crippen molar-refractivity contribution in [2.24, 2.45) is 5.92 Å². The number of H-pyrrole nitrogens is 1. The van der Waals surface area contributed by atoms with Crippen LogP contribution in [0.4, 0.5) is 13.6 Å². The number of aromatic nitrogens is 2. The molecule has 2 aromatic rings. The average Bonchev–Trinajstić information content (AvgIpc) is 3.13. The van der Waals surface area contributed by atoms with Crippen molar-refractivity contribution in [3.8, 4) is 0 Å². The molecule has 0 radical (unpaired) electrons. The van der Waals surface area contributed by atoms with Crippen molar-refractivity contribution in [1.29, 1.82) is 0 Å². The largest absolute Gasteiger partial charge is 0.382 e. The maximum Gasteiger partial charge on any atom is 0.317 e. The van der Waals surface area contributed by atoms with E-state index in [4.69, 9.17) is 0 Å². The van der Waals surface area contributed by atoms with Gasteiger partial charge in [0, 0.05) is 36.0 Å². The summed E-state index contributed by atoms with van der Waals surface area (Å²) in [5, 5.41) is 21.3. The van der Waals surface area contributed by atoms with Crippen LogP contribution in [0.2, 0.25) is 0 Å². The smallest absolute Gasteiger partial charge is 0.317 e. The molecular weight excluding hydrogens is 378 g/mol. The maximum absolute atomic E-state index is 15.4. The number of urea groups is 1. The Hall–Kier alpha value is -2.22. The van der Waals surface area contributed by atoms with Gasteiger partial charge in [0.25, 0.3) is 5.92 Å². The van der Waals surface area contributed by atoms with Gasteiger partial charge in [-0.3, -0.25) is 5.10 Å². The fourth-order valence-electron chi connectivity index (χ4n) is 4.82. The van der Waals surface area contributed by atoms with E-state index in [2.05, 4.69) is 15.5 Å². The zero-order valence-corrected chi connectivity index (χ0v) is 16.3. The molecule has 2 fully saturated rings. The fraction of sp³-hybridized carbons (Fsp3) is 0.619. The Balaban J connectivity index is 1.31. The molecule has 1 saturated heterocycles. The highest BCUT2D eigenvalue weighted by Gasteiger charge is 2.50. The van der Waals surface area contributed by atoms with E-state index in [1.165, 1.54) is 0 Å². The summed E-state index contributed by atoms with van der Waals surface area (Å²) in [5.74, 6) is -4.22. The number of hydrogen-bond donors (Lipinski definition) is 3. The quantitative estimate of drug-likeness (QED) is 0.731. The summed E-state index contributed by atoms with van der Waals surface area (Å²) in [5.41, 5.74) is 2.65. The Bertz CT molecular complexity index is 932. The molecule has 3 aliphatic rings. The zero-order valence-electron chi connectivity index (χ0n) is 16.3. The molecule has 2 amide bonds. The minimum atomic E-state index is -3.26. The molecule has 156 valence electrons. The number of aliphatic hydroxyl groups excluding tert-OH is 1. The molecule has 0 bridgehead atoms. The van der Waals surface area contributed by atoms with Crippen LogP contribution in [-0.4, -0.2) is 51.3 Å². The number of nitrogens with zero attached hydrogens (tertiary/aromatic N) is 2. The summed E-state index contributed by atoms with van der Waals surface area (Å²) in [6, 6.07) is 2.04. The highest BCUT2D eigenvalue weighted by atomic mass is 19.3. The van der Waals surface area contributed by atoms with Crippen molar-refractivity contribution in [2.45, 2.75) is 63.0 Å². The number of alkyl halides is 2. The van der Waals surface area contributed by atoms with Gasteiger partial charge in [-0.2, -0.15) is 5.10 Å². The Kier molecular flexibility index (Phi) is 4.49. The topological polar surface area (TPSA) is 81.2 Å². The third-order valence-corrected chi connectivity index (χ3v) is 7.02. The van der Waals surface area contributed by atoms with Crippen molar-refractivity contribution in [1.82, 2.24) is 20.4 Å². The molecule has 1 saturated carbocycles. The molecule has 0 unspecified atom stereocenters. The number of aryl methyl sites for hydroxylation is 1. The van der Waals surface area contributed by atoms with E-state index in [0.717, 1.165) is 42.2 Å². The second-order valence-corrected chi connectivity index (χ2v) is 8.68. The van der Waals surface area contributed by atoms with Gasteiger partial charge in [0.05, 0.1) is 11.7 Å². The number of aliphatic hydroxyl groups is 1. The number of rotatable bonds is 4. The van der Waals surface area contributed by atoms with E-state index in [1.807, 2.05) is 6.07 Å². The van der Waals surface area contributed by atoms with E-state index in [-0.39, 0.29) is 38.0 Å². The number of carbonyl (C=O) groups is 1. The Morgan fingerprint density at radius 1 is 1.28 bits per heavy atom. The van der Waals surface area contributed by atoms with E-state index < -0.39 is 17.9 Å². The van der Waals surface area contributed by atoms with Crippen LogP contribution in [0.3, 0.4) is 0 Å². The van der Waals surface area contributed by atoms with Gasteiger partial charge in [-0.1, -0.05) is 0 Å². The summed E-state index contributed by atoms with van der Waals surface area (Å²) in [4.78, 5) is 13.9. The number of fused-ring (bicyclic) bond motifs is 2. The molecule has 1 atom stereocenters. The van der Waals surface area contributed by atoms with Crippen molar-refractivity contribution >= 4 is 16.9 Å². The standard InChI is InChI=1S/C21H26F2N4O2/c22-21(23,14-6-8-27(9-7-14)20(29)25-15-2-1-3-15)19(28)17-16-5-4-12(16)10-13-11-24-26-18(13)17/h10-11,14-15,19,28H,1-9H2,(H,24,26)(H,25,29)/t19-/m1/s1. The molecule has 2 aliphatic carbocycles. The lowest BCUT2D eigenvalue weighted by atomic mass is 9.77. The number of amides is 2. The molecule has 8 heteroatoms. The number of halogens is 2. The number of piperidine rings is 1. The third-order valence-electron chi connectivity index (χ3n) is 7.02. The lowest BCUT2D eigenvalue weighted by Gasteiger charge is -2.39. The van der Waals surface area contributed by atoms with Crippen LogP contribution in [-0.2, 0) is 12.8 Å². The first kappa shape index (κ1) is 18.8. The Morgan fingerprint density at radius 2 is 2.03 bits per heavy atom. The van der Waals surface area contributed by atoms with Gasteiger partial charge in [0.1, 0.15) is 6.10 Å². The van der Waals surface area contributed by atoms with Gasteiger partial charge in [0.2, 0.25) is 0 Å². The summed E-state index contributed by atoms with van der Waals surface area (Å²) >= 11 is 0. The molecule has 2 heterocycles.